The number of aliphatic hydroxyl groups is 1. The molecule has 92 valence electrons. The lowest BCUT2D eigenvalue weighted by Gasteiger charge is -2.23. The van der Waals surface area contributed by atoms with Crippen LogP contribution in [0.15, 0.2) is 30.3 Å². The molecule has 1 aliphatic heterocycles. The highest BCUT2D eigenvalue weighted by Gasteiger charge is 2.23. The van der Waals surface area contributed by atoms with Crippen LogP contribution in [0.1, 0.15) is 37.4 Å². The normalized spacial score (nSPS) is 18.5. The predicted octanol–water partition coefficient (Wildman–Crippen LogP) is 2.12. The summed E-state index contributed by atoms with van der Waals surface area (Å²) in [5.74, 6) is -0.155. The molecule has 0 aliphatic carbocycles. The average molecular weight is 233 g/mol. The number of carbonyl (C=O) groups is 1. The van der Waals surface area contributed by atoms with Gasteiger partial charge in [0.05, 0.1) is 0 Å². The number of benzene rings is 1. The molecule has 2 rings (SSSR count). The Kier molecular flexibility index (Phi) is 4.15. The highest BCUT2D eigenvalue weighted by atomic mass is 16.3. The molecule has 17 heavy (non-hydrogen) atoms. The first-order valence-electron chi connectivity index (χ1n) is 6.31. The van der Waals surface area contributed by atoms with E-state index in [1.54, 1.807) is 17.0 Å². The van der Waals surface area contributed by atoms with Crippen LogP contribution >= 0.6 is 0 Å². The fourth-order valence-corrected chi connectivity index (χ4v) is 2.24. The second-order valence-corrected chi connectivity index (χ2v) is 4.55. The SMILES string of the molecule is O=C(C(O)c1ccccc1)N1CCCCCC1. The first kappa shape index (κ1) is 12.1. The lowest BCUT2D eigenvalue weighted by atomic mass is 10.1. The van der Waals surface area contributed by atoms with Gasteiger partial charge in [0.25, 0.3) is 5.91 Å². The molecule has 0 bridgehead atoms. The second kappa shape index (κ2) is 5.82. The van der Waals surface area contributed by atoms with Crippen LogP contribution in [0.25, 0.3) is 0 Å². The third-order valence-corrected chi connectivity index (χ3v) is 3.27. The maximum atomic E-state index is 12.1. The van der Waals surface area contributed by atoms with Crippen LogP contribution in [0.2, 0.25) is 0 Å². The van der Waals surface area contributed by atoms with Gasteiger partial charge in [0.15, 0.2) is 6.10 Å². The molecule has 0 aromatic heterocycles. The summed E-state index contributed by atoms with van der Waals surface area (Å²) in [6.45, 7) is 1.56. The molecule has 1 amide bonds. The number of carbonyl (C=O) groups excluding carboxylic acids is 1. The largest absolute Gasteiger partial charge is 0.378 e. The van der Waals surface area contributed by atoms with Gasteiger partial charge in [0, 0.05) is 13.1 Å². The van der Waals surface area contributed by atoms with E-state index in [9.17, 15) is 9.90 Å². The molecule has 1 saturated heterocycles. The summed E-state index contributed by atoms with van der Waals surface area (Å²) in [5.41, 5.74) is 0.682. The molecular formula is C14H19NO2. The number of hydrogen-bond donors (Lipinski definition) is 1. The van der Waals surface area contributed by atoms with Crippen molar-refractivity contribution in [3.05, 3.63) is 35.9 Å². The maximum Gasteiger partial charge on any atom is 0.256 e. The first-order chi connectivity index (χ1) is 8.29. The van der Waals surface area contributed by atoms with Crippen molar-refractivity contribution in [1.29, 1.82) is 0 Å². The highest BCUT2D eigenvalue weighted by Crippen LogP contribution is 2.18. The number of likely N-dealkylation sites (tertiary alicyclic amines) is 1. The van der Waals surface area contributed by atoms with Gasteiger partial charge in [-0.25, -0.2) is 0 Å². The van der Waals surface area contributed by atoms with Crippen molar-refractivity contribution in [2.24, 2.45) is 0 Å². The Balaban J connectivity index is 2.03. The van der Waals surface area contributed by atoms with Crippen molar-refractivity contribution < 1.29 is 9.90 Å². The smallest absolute Gasteiger partial charge is 0.256 e. The molecule has 1 aromatic carbocycles. The lowest BCUT2D eigenvalue weighted by Crippen LogP contribution is -2.35. The van der Waals surface area contributed by atoms with Crippen molar-refractivity contribution in [3.63, 3.8) is 0 Å². The van der Waals surface area contributed by atoms with Gasteiger partial charge in [-0.15, -0.1) is 0 Å². The lowest BCUT2D eigenvalue weighted by molar-refractivity contribution is -0.140. The van der Waals surface area contributed by atoms with Gasteiger partial charge in [0.2, 0.25) is 0 Å². The number of nitrogens with zero attached hydrogens (tertiary/aromatic N) is 1. The number of amides is 1. The number of hydrogen-bond acceptors (Lipinski definition) is 2. The van der Waals surface area contributed by atoms with Gasteiger partial charge >= 0.3 is 0 Å². The van der Waals surface area contributed by atoms with E-state index in [0.29, 0.717) is 5.56 Å². The van der Waals surface area contributed by atoms with E-state index in [4.69, 9.17) is 0 Å². The van der Waals surface area contributed by atoms with E-state index in [-0.39, 0.29) is 5.91 Å². The molecule has 3 heteroatoms. The molecule has 1 N–H and O–H groups in total. The summed E-state index contributed by atoms with van der Waals surface area (Å²) in [6, 6.07) is 9.15. The third-order valence-electron chi connectivity index (χ3n) is 3.27. The molecule has 3 nitrogen and oxygen atoms in total. The molecule has 0 spiro atoms. The van der Waals surface area contributed by atoms with Gasteiger partial charge in [0.1, 0.15) is 0 Å². The van der Waals surface area contributed by atoms with Gasteiger partial charge in [-0.1, -0.05) is 43.2 Å². The molecule has 1 fully saturated rings. The molecule has 0 saturated carbocycles. The third kappa shape index (κ3) is 3.07. The highest BCUT2D eigenvalue weighted by molar-refractivity contribution is 5.82. The van der Waals surface area contributed by atoms with E-state index >= 15 is 0 Å². The Bertz CT molecular complexity index is 356. The summed E-state index contributed by atoms with van der Waals surface area (Å²) < 4.78 is 0. The van der Waals surface area contributed by atoms with Gasteiger partial charge < -0.3 is 10.0 Å². The summed E-state index contributed by atoms with van der Waals surface area (Å²) in [4.78, 5) is 13.9. The second-order valence-electron chi connectivity index (χ2n) is 4.55. The Morgan fingerprint density at radius 3 is 2.24 bits per heavy atom. The summed E-state index contributed by atoms with van der Waals surface area (Å²) in [5, 5.41) is 10.0. The van der Waals surface area contributed by atoms with Crippen LogP contribution in [0.5, 0.6) is 0 Å². The topological polar surface area (TPSA) is 40.5 Å². The maximum absolute atomic E-state index is 12.1. The van der Waals surface area contributed by atoms with Crippen molar-refractivity contribution in [2.45, 2.75) is 31.8 Å². The van der Waals surface area contributed by atoms with Crippen LogP contribution < -0.4 is 0 Å². The van der Waals surface area contributed by atoms with Crippen LogP contribution in [0.4, 0.5) is 0 Å². The molecule has 1 aromatic rings. The number of aliphatic hydroxyl groups excluding tert-OH is 1. The molecule has 0 radical (unpaired) electrons. The van der Waals surface area contributed by atoms with Gasteiger partial charge in [-0.2, -0.15) is 0 Å². The predicted molar refractivity (Wildman–Crippen MR) is 66.4 cm³/mol. The fourth-order valence-electron chi connectivity index (χ4n) is 2.24. The van der Waals surface area contributed by atoms with E-state index in [1.165, 1.54) is 12.8 Å². The molecule has 1 aliphatic rings. The zero-order chi connectivity index (χ0) is 12.1. The van der Waals surface area contributed by atoms with Gasteiger partial charge in [-0.3, -0.25) is 4.79 Å². The van der Waals surface area contributed by atoms with E-state index < -0.39 is 6.10 Å². The average Bonchev–Trinajstić information content (AvgIpc) is 2.67. The molecular weight excluding hydrogens is 214 g/mol. The summed E-state index contributed by atoms with van der Waals surface area (Å²) in [6.07, 6.45) is 3.46. The summed E-state index contributed by atoms with van der Waals surface area (Å²) in [7, 11) is 0. The quantitative estimate of drug-likeness (QED) is 0.850. The fraction of sp³-hybridized carbons (Fsp3) is 0.500. The van der Waals surface area contributed by atoms with Crippen molar-refractivity contribution in [2.75, 3.05) is 13.1 Å². The first-order valence-corrected chi connectivity index (χ1v) is 6.31. The van der Waals surface area contributed by atoms with E-state index in [2.05, 4.69) is 0 Å². The minimum absolute atomic E-state index is 0.155. The zero-order valence-corrected chi connectivity index (χ0v) is 10.0. The van der Waals surface area contributed by atoms with Gasteiger partial charge in [-0.05, 0) is 18.4 Å². The van der Waals surface area contributed by atoms with Crippen LogP contribution in [-0.4, -0.2) is 29.0 Å². The number of rotatable bonds is 2. The minimum Gasteiger partial charge on any atom is -0.378 e. The zero-order valence-electron chi connectivity index (χ0n) is 10.0. The Hall–Kier alpha value is -1.35. The standard InChI is InChI=1S/C14H19NO2/c16-13(12-8-4-3-5-9-12)14(17)15-10-6-1-2-7-11-15/h3-5,8-9,13,16H,1-2,6-7,10-11H2. The van der Waals surface area contributed by atoms with Crippen LogP contribution in [-0.2, 0) is 4.79 Å². The Labute approximate surface area is 102 Å². The minimum atomic E-state index is -1.01. The van der Waals surface area contributed by atoms with E-state index in [0.717, 1.165) is 25.9 Å². The van der Waals surface area contributed by atoms with Crippen molar-refractivity contribution >= 4 is 5.91 Å². The van der Waals surface area contributed by atoms with Crippen LogP contribution in [0, 0.1) is 0 Å². The molecule has 1 unspecified atom stereocenters. The van der Waals surface area contributed by atoms with Crippen molar-refractivity contribution in [1.82, 2.24) is 4.90 Å². The molecule has 1 heterocycles. The van der Waals surface area contributed by atoms with Crippen LogP contribution in [0.3, 0.4) is 0 Å². The molecule has 1 atom stereocenters. The Morgan fingerprint density at radius 2 is 1.65 bits per heavy atom. The summed E-state index contributed by atoms with van der Waals surface area (Å²) >= 11 is 0. The van der Waals surface area contributed by atoms with E-state index in [1.807, 2.05) is 18.2 Å². The Morgan fingerprint density at radius 1 is 1.06 bits per heavy atom. The van der Waals surface area contributed by atoms with Crippen molar-refractivity contribution in [3.8, 4) is 0 Å². The monoisotopic (exact) mass is 233 g/mol.